The Morgan fingerprint density at radius 2 is 2.14 bits per heavy atom. The van der Waals surface area contributed by atoms with E-state index in [1.54, 1.807) is 24.5 Å². The first-order valence-corrected chi connectivity index (χ1v) is 4.67. The molecule has 0 fully saturated rings. The van der Waals surface area contributed by atoms with Gasteiger partial charge in [-0.25, -0.2) is 0 Å². The largest absolute Gasteiger partial charge is 0.303 e. The Hall–Kier alpha value is -1.51. The first kappa shape index (κ1) is 10.6. The summed E-state index contributed by atoms with van der Waals surface area (Å²) < 4.78 is 0. The molecule has 0 saturated carbocycles. The van der Waals surface area contributed by atoms with E-state index in [4.69, 9.17) is 0 Å². The molecule has 1 rings (SSSR count). The Morgan fingerprint density at radius 1 is 1.50 bits per heavy atom. The van der Waals surface area contributed by atoms with Crippen LogP contribution in [-0.4, -0.2) is 17.1 Å². The minimum atomic E-state index is -0.185. The number of carbonyl (C=O) groups excluding carboxylic acids is 2. The van der Waals surface area contributed by atoms with Gasteiger partial charge in [-0.15, -0.1) is 0 Å². The average molecular weight is 191 g/mol. The van der Waals surface area contributed by atoms with E-state index < -0.39 is 0 Å². The number of nitrogens with zero attached hydrogens (tertiary/aromatic N) is 1. The molecule has 0 saturated heterocycles. The first-order valence-electron chi connectivity index (χ1n) is 4.67. The predicted octanol–water partition coefficient (Wildman–Crippen LogP) is 1.88. The van der Waals surface area contributed by atoms with Crippen LogP contribution in [0.3, 0.4) is 0 Å². The maximum absolute atomic E-state index is 11.8. The summed E-state index contributed by atoms with van der Waals surface area (Å²) in [5.41, 5.74) is 0.633. The van der Waals surface area contributed by atoms with Crippen molar-refractivity contribution in [3.8, 4) is 0 Å². The summed E-state index contributed by atoms with van der Waals surface area (Å²) in [4.78, 5) is 26.0. The van der Waals surface area contributed by atoms with E-state index in [2.05, 4.69) is 4.98 Å². The molecule has 0 amide bonds. The molecule has 3 heteroatoms. The van der Waals surface area contributed by atoms with Gasteiger partial charge in [0.05, 0.1) is 0 Å². The van der Waals surface area contributed by atoms with E-state index in [-0.39, 0.29) is 11.7 Å². The molecule has 0 radical (unpaired) electrons. The summed E-state index contributed by atoms with van der Waals surface area (Å²) in [6.45, 7) is 1.91. The lowest BCUT2D eigenvalue weighted by molar-refractivity contribution is -0.108. The number of ketones is 1. The van der Waals surface area contributed by atoms with Crippen molar-refractivity contribution in [2.75, 3.05) is 0 Å². The lowest BCUT2D eigenvalue weighted by atomic mass is 9.93. The Bertz CT molecular complexity index is 308. The number of aromatic nitrogens is 1. The fourth-order valence-electron chi connectivity index (χ4n) is 1.33. The van der Waals surface area contributed by atoms with Crippen molar-refractivity contribution in [2.24, 2.45) is 5.92 Å². The van der Waals surface area contributed by atoms with Gasteiger partial charge >= 0.3 is 0 Å². The van der Waals surface area contributed by atoms with E-state index in [9.17, 15) is 9.59 Å². The number of Topliss-reactive ketones (excluding diaryl/α,β-unsaturated/α-hetero) is 1. The molecule has 0 aliphatic rings. The van der Waals surface area contributed by atoms with Crippen molar-refractivity contribution in [3.63, 3.8) is 0 Å². The summed E-state index contributed by atoms with van der Waals surface area (Å²) >= 11 is 0. The summed E-state index contributed by atoms with van der Waals surface area (Å²) in [6, 6.07) is 3.35. The highest BCUT2D eigenvalue weighted by Gasteiger charge is 2.17. The molecule has 0 spiro atoms. The van der Waals surface area contributed by atoms with Gasteiger partial charge in [0.25, 0.3) is 0 Å². The maximum Gasteiger partial charge on any atom is 0.166 e. The summed E-state index contributed by atoms with van der Waals surface area (Å²) in [5, 5.41) is 0. The number of rotatable bonds is 5. The molecule has 1 unspecified atom stereocenters. The molecular weight excluding hydrogens is 178 g/mol. The van der Waals surface area contributed by atoms with E-state index >= 15 is 0 Å². The Labute approximate surface area is 83.2 Å². The average Bonchev–Trinajstić information content (AvgIpc) is 2.26. The molecule has 0 aliphatic heterocycles. The normalized spacial score (nSPS) is 12.1. The quantitative estimate of drug-likeness (QED) is 0.527. The van der Waals surface area contributed by atoms with Crippen molar-refractivity contribution in [2.45, 2.75) is 19.8 Å². The fourth-order valence-corrected chi connectivity index (χ4v) is 1.33. The molecule has 0 N–H and O–H groups in total. The lowest BCUT2D eigenvalue weighted by Gasteiger charge is -2.09. The second kappa shape index (κ2) is 5.27. The number of carbonyl (C=O) groups is 2. The molecule has 0 bridgehead atoms. The van der Waals surface area contributed by atoms with E-state index in [0.29, 0.717) is 18.4 Å². The Balaban J connectivity index is 2.78. The Morgan fingerprint density at radius 3 is 2.64 bits per heavy atom. The van der Waals surface area contributed by atoms with Gasteiger partial charge in [-0.1, -0.05) is 6.92 Å². The molecule has 1 aromatic heterocycles. The van der Waals surface area contributed by atoms with Crippen LogP contribution in [0.4, 0.5) is 0 Å². The smallest absolute Gasteiger partial charge is 0.166 e. The van der Waals surface area contributed by atoms with Crippen LogP contribution in [0.2, 0.25) is 0 Å². The fraction of sp³-hybridized carbons (Fsp3) is 0.364. The van der Waals surface area contributed by atoms with E-state index in [1.165, 1.54) is 0 Å². The van der Waals surface area contributed by atoms with Gasteiger partial charge in [0.1, 0.15) is 6.29 Å². The number of hydrogen-bond acceptors (Lipinski definition) is 3. The van der Waals surface area contributed by atoms with Crippen LogP contribution in [0.15, 0.2) is 24.5 Å². The van der Waals surface area contributed by atoms with Gasteiger partial charge in [-0.2, -0.15) is 0 Å². The van der Waals surface area contributed by atoms with Crippen molar-refractivity contribution in [3.05, 3.63) is 30.1 Å². The van der Waals surface area contributed by atoms with Crippen molar-refractivity contribution < 1.29 is 9.59 Å². The van der Waals surface area contributed by atoms with Gasteiger partial charge in [0.2, 0.25) is 0 Å². The van der Waals surface area contributed by atoms with Gasteiger partial charge in [-0.05, 0) is 18.6 Å². The van der Waals surface area contributed by atoms with E-state index in [0.717, 1.165) is 6.29 Å². The molecule has 14 heavy (non-hydrogen) atoms. The van der Waals surface area contributed by atoms with Crippen molar-refractivity contribution in [1.29, 1.82) is 0 Å². The predicted molar refractivity (Wildman–Crippen MR) is 53.0 cm³/mol. The van der Waals surface area contributed by atoms with Gasteiger partial charge in [0, 0.05) is 30.3 Å². The molecule has 1 heterocycles. The number of hydrogen-bond donors (Lipinski definition) is 0. The second-order valence-electron chi connectivity index (χ2n) is 3.11. The Kier molecular flexibility index (Phi) is 3.98. The minimum Gasteiger partial charge on any atom is -0.303 e. The second-order valence-corrected chi connectivity index (χ2v) is 3.11. The molecule has 1 atom stereocenters. The third-order valence-corrected chi connectivity index (χ3v) is 2.21. The highest BCUT2D eigenvalue weighted by molar-refractivity contribution is 5.98. The van der Waals surface area contributed by atoms with Crippen LogP contribution >= 0.6 is 0 Å². The standard InChI is InChI=1S/C11H13NO2/c1-2-9(5-8-13)11(14)10-3-6-12-7-4-10/h3-4,6-9H,2,5H2,1H3. The number of pyridine rings is 1. The third-order valence-electron chi connectivity index (χ3n) is 2.21. The van der Waals surface area contributed by atoms with Gasteiger partial charge in [-0.3, -0.25) is 9.78 Å². The molecule has 0 aromatic carbocycles. The van der Waals surface area contributed by atoms with Crippen LogP contribution in [0.1, 0.15) is 30.1 Å². The highest BCUT2D eigenvalue weighted by atomic mass is 16.1. The zero-order valence-corrected chi connectivity index (χ0v) is 8.14. The zero-order valence-electron chi connectivity index (χ0n) is 8.14. The van der Waals surface area contributed by atoms with Crippen molar-refractivity contribution in [1.82, 2.24) is 4.98 Å². The van der Waals surface area contributed by atoms with Crippen LogP contribution < -0.4 is 0 Å². The van der Waals surface area contributed by atoms with Crippen LogP contribution in [0.25, 0.3) is 0 Å². The van der Waals surface area contributed by atoms with Gasteiger partial charge < -0.3 is 4.79 Å². The molecule has 1 aromatic rings. The minimum absolute atomic E-state index is 0.0296. The maximum atomic E-state index is 11.8. The monoisotopic (exact) mass is 191 g/mol. The summed E-state index contributed by atoms with van der Waals surface area (Å²) in [7, 11) is 0. The van der Waals surface area contributed by atoms with E-state index in [1.807, 2.05) is 6.92 Å². The molecular formula is C11H13NO2. The summed E-state index contributed by atoms with van der Waals surface area (Å²) in [5.74, 6) is -0.156. The molecule has 0 aliphatic carbocycles. The van der Waals surface area contributed by atoms with Crippen LogP contribution in [-0.2, 0) is 4.79 Å². The van der Waals surface area contributed by atoms with Crippen LogP contribution in [0, 0.1) is 5.92 Å². The van der Waals surface area contributed by atoms with Crippen LogP contribution in [0.5, 0.6) is 0 Å². The summed E-state index contributed by atoms with van der Waals surface area (Å²) in [6.07, 6.45) is 4.96. The topological polar surface area (TPSA) is 47.0 Å². The number of aldehydes is 1. The first-order chi connectivity index (χ1) is 6.79. The third kappa shape index (κ3) is 2.49. The molecule has 3 nitrogen and oxygen atoms in total. The van der Waals surface area contributed by atoms with Crippen molar-refractivity contribution >= 4 is 12.1 Å². The molecule has 74 valence electrons. The zero-order chi connectivity index (χ0) is 10.4. The van der Waals surface area contributed by atoms with Gasteiger partial charge in [0.15, 0.2) is 5.78 Å². The highest BCUT2D eigenvalue weighted by Crippen LogP contribution is 2.14. The lowest BCUT2D eigenvalue weighted by Crippen LogP contribution is -2.14. The SMILES string of the molecule is CCC(CC=O)C(=O)c1ccncc1.